The van der Waals surface area contributed by atoms with Crippen LogP contribution in [0.4, 0.5) is 0 Å². The van der Waals surface area contributed by atoms with Crippen molar-refractivity contribution in [3.8, 4) is 0 Å². The minimum atomic E-state index is 1.26. The summed E-state index contributed by atoms with van der Waals surface area (Å²) < 4.78 is 0. The predicted molar refractivity (Wildman–Crippen MR) is 76.0 cm³/mol. The number of rotatable bonds is 2. The molecule has 0 heterocycles. The lowest BCUT2D eigenvalue weighted by molar-refractivity contribution is 1.36. The molecule has 2 aromatic rings. The molecule has 0 spiro atoms. The van der Waals surface area contributed by atoms with Gasteiger partial charge in [-0.05, 0) is 43.0 Å². The molecule has 0 heteroatoms. The van der Waals surface area contributed by atoms with E-state index in [9.17, 15) is 0 Å². The van der Waals surface area contributed by atoms with Gasteiger partial charge in [0.15, 0.2) is 0 Å². The third-order valence-corrected chi connectivity index (χ3v) is 3.03. The number of hydrogen-bond acceptors (Lipinski definition) is 0. The zero-order valence-corrected chi connectivity index (χ0v) is 10.7. The van der Waals surface area contributed by atoms with Crippen LogP contribution in [0.15, 0.2) is 42.5 Å². The maximum Gasteiger partial charge on any atom is -0.0198 e. The Hall–Kier alpha value is -1.82. The Kier molecular flexibility index (Phi) is 3.43. The van der Waals surface area contributed by atoms with Gasteiger partial charge in [-0.3, -0.25) is 0 Å². The van der Waals surface area contributed by atoms with Gasteiger partial charge in [0.2, 0.25) is 0 Å². The molecule has 0 unspecified atom stereocenters. The average molecular weight is 222 g/mol. The second kappa shape index (κ2) is 5.01. The molecule has 17 heavy (non-hydrogen) atoms. The predicted octanol–water partition coefficient (Wildman–Crippen LogP) is 4.78. The van der Waals surface area contributed by atoms with Gasteiger partial charge in [-0.1, -0.05) is 60.2 Å². The lowest BCUT2D eigenvalue weighted by Gasteiger charge is -2.04. The largest absolute Gasteiger partial charge is 0.0617 e. The van der Waals surface area contributed by atoms with Crippen molar-refractivity contribution in [1.29, 1.82) is 0 Å². The molecule has 0 amide bonds. The van der Waals surface area contributed by atoms with Crippen molar-refractivity contribution in [3.05, 3.63) is 70.3 Å². The summed E-state index contributed by atoms with van der Waals surface area (Å²) in [5.74, 6) is 0. The molecular weight excluding hydrogens is 204 g/mol. The molecule has 2 aromatic carbocycles. The highest BCUT2D eigenvalue weighted by Crippen LogP contribution is 2.17. The van der Waals surface area contributed by atoms with Crippen LogP contribution in [0.3, 0.4) is 0 Å². The summed E-state index contributed by atoms with van der Waals surface area (Å²) in [5.41, 5.74) is 6.54. The number of hydrogen-bond donors (Lipinski definition) is 0. The zero-order chi connectivity index (χ0) is 12.3. The maximum absolute atomic E-state index is 2.21. The molecule has 0 saturated carbocycles. The molecule has 0 aliphatic rings. The van der Waals surface area contributed by atoms with Crippen LogP contribution in [0, 0.1) is 20.8 Å². The van der Waals surface area contributed by atoms with Gasteiger partial charge >= 0.3 is 0 Å². The minimum Gasteiger partial charge on any atom is -0.0617 e. The van der Waals surface area contributed by atoms with Gasteiger partial charge in [0.25, 0.3) is 0 Å². The molecule has 0 aliphatic heterocycles. The lowest BCUT2D eigenvalue weighted by atomic mass is 10.0. The SMILES string of the molecule is Cc1cccc(/C=C\c2c(C)cccc2C)c1. The Labute approximate surface area is 104 Å². The summed E-state index contributed by atoms with van der Waals surface area (Å²) in [6.07, 6.45) is 4.39. The molecule has 0 nitrogen and oxygen atoms in total. The quantitative estimate of drug-likeness (QED) is 0.641. The van der Waals surface area contributed by atoms with Crippen LogP contribution in [0.1, 0.15) is 27.8 Å². The second-order valence-corrected chi connectivity index (χ2v) is 4.55. The van der Waals surface area contributed by atoms with Crippen LogP contribution in [0.25, 0.3) is 12.2 Å². The molecule has 0 aliphatic carbocycles. The van der Waals surface area contributed by atoms with Crippen LogP contribution >= 0.6 is 0 Å². The molecule has 0 bridgehead atoms. The van der Waals surface area contributed by atoms with E-state index in [-0.39, 0.29) is 0 Å². The first-order valence-electron chi connectivity index (χ1n) is 5.98. The van der Waals surface area contributed by atoms with E-state index in [1.165, 1.54) is 27.8 Å². The Morgan fingerprint density at radius 2 is 1.41 bits per heavy atom. The molecular formula is C17H18. The minimum absolute atomic E-state index is 1.26. The molecule has 2 rings (SSSR count). The van der Waals surface area contributed by atoms with Gasteiger partial charge in [-0.2, -0.15) is 0 Å². The van der Waals surface area contributed by atoms with Crippen molar-refractivity contribution in [3.63, 3.8) is 0 Å². The monoisotopic (exact) mass is 222 g/mol. The molecule has 0 saturated heterocycles. The zero-order valence-electron chi connectivity index (χ0n) is 10.7. The summed E-state index contributed by atoms with van der Waals surface area (Å²) in [7, 11) is 0. The maximum atomic E-state index is 2.21. The Bertz CT molecular complexity index is 527. The van der Waals surface area contributed by atoms with Crippen molar-refractivity contribution in [2.75, 3.05) is 0 Å². The van der Waals surface area contributed by atoms with Crippen LogP contribution in [0.2, 0.25) is 0 Å². The first-order valence-corrected chi connectivity index (χ1v) is 5.98. The van der Waals surface area contributed by atoms with Gasteiger partial charge < -0.3 is 0 Å². The highest BCUT2D eigenvalue weighted by atomic mass is 14.0. The van der Waals surface area contributed by atoms with Gasteiger partial charge in [0, 0.05) is 0 Å². The van der Waals surface area contributed by atoms with Crippen LogP contribution < -0.4 is 0 Å². The van der Waals surface area contributed by atoms with E-state index in [4.69, 9.17) is 0 Å². The van der Waals surface area contributed by atoms with Gasteiger partial charge in [-0.25, -0.2) is 0 Å². The van der Waals surface area contributed by atoms with Crippen molar-refractivity contribution < 1.29 is 0 Å². The van der Waals surface area contributed by atoms with Crippen molar-refractivity contribution in [2.45, 2.75) is 20.8 Å². The summed E-state index contributed by atoms with van der Waals surface area (Å²) in [6.45, 7) is 6.43. The first kappa shape index (κ1) is 11.7. The topological polar surface area (TPSA) is 0 Å². The lowest BCUT2D eigenvalue weighted by Crippen LogP contribution is -1.85. The Balaban J connectivity index is 2.32. The smallest absolute Gasteiger partial charge is 0.0198 e. The molecule has 0 aromatic heterocycles. The van der Waals surface area contributed by atoms with Crippen LogP contribution in [-0.2, 0) is 0 Å². The summed E-state index contributed by atoms with van der Waals surface area (Å²) in [4.78, 5) is 0. The highest BCUT2D eigenvalue weighted by Gasteiger charge is 1.97. The molecule has 86 valence electrons. The van der Waals surface area contributed by atoms with E-state index in [1.807, 2.05) is 0 Å². The van der Waals surface area contributed by atoms with Gasteiger partial charge in [0.05, 0.1) is 0 Å². The van der Waals surface area contributed by atoms with E-state index in [0.29, 0.717) is 0 Å². The van der Waals surface area contributed by atoms with E-state index < -0.39 is 0 Å². The molecule has 0 radical (unpaired) electrons. The third kappa shape index (κ3) is 2.85. The van der Waals surface area contributed by atoms with Crippen LogP contribution in [0.5, 0.6) is 0 Å². The summed E-state index contributed by atoms with van der Waals surface area (Å²) in [6, 6.07) is 15.0. The summed E-state index contributed by atoms with van der Waals surface area (Å²) >= 11 is 0. The molecule has 0 atom stereocenters. The first-order chi connectivity index (χ1) is 8.16. The van der Waals surface area contributed by atoms with Crippen LogP contribution in [-0.4, -0.2) is 0 Å². The van der Waals surface area contributed by atoms with E-state index >= 15 is 0 Å². The Morgan fingerprint density at radius 3 is 2.06 bits per heavy atom. The third-order valence-electron chi connectivity index (χ3n) is 3.03. The molecule has 0 N–H and O–H groups in total. The normalized spacial score (nSPS) is 11.0. The van der Waals surface area contributed by atoms with Gasteiger partial charge in [-0.15, -0.1) is 0 Å². The fourth-order valence-electron chi connectivity index (χ4n) is 2.04. The van der Waals surface area contributed by atoms with Crippen molar-refractivity contribution in [2.24, 2.45) is 0 Å². The Morgan fingerprint density at radius 1 is 0.765 bits per heavy atom. The van der Waals surface area contributed by atoms with Crippen molar-refractivity contribution >= 4 is 12.2 Å². The van der Waals surface area contributed by atoms with E-state index in [2.05, 4.69) is 75.4 Å². The standard InChI is InChI=1S/C17H18/c1-13-6-4-9-16(12-13)10-11-17-14(2)7-5-8-15(17)3/h4-12H,1-3H3/b11-10-. The van der Waals surface area contributed by atoms with E-state index in [0.717, 1.165) is 0 Å². The van der Waals surface area contributed by atoms with E-state index in [1.54, 1.807) is 0 Å². The average Bonchev–Trinajstić information content (AvgIpc) is 2.28. The second-order valence-electron chi connectivity index (χ2n) is 4.55. The number of benzene rings is 2. The van der Waals surface area contributed by atoms with Crippen molar-refractivity contribution in [1.82, 2.24) is 0 Å². The summed E-state index contributed by atoms with van der Waals surface area (Å²) in [5, 5.41) is 0. The number of aryl methyl sites for hydroxylation is 3. The molecule has 0 fully saturated rings. The fraction of sp³-hybridized carbons (Fsp3) is 0.176. The fourth-order valence-corrected chi connectivity index (χ4v) is 2.04. The van der Waals surface area contributed by atoms with Gasteiger partial charge in [0.1, 0.15) is 0 Å². The highest BCUT2D eigenvalue weighted by molar-refractivity contribution is 5.72.